The number of benzene rings is 1. The van der Waals surface area contributed by atoms with Crippen molar-refractivity contribution in [1.29, 1.82) is 0 Å². The topological polar surface area (TPSA) is 72.2 Å². The highest BCUT2D eigenvalue weighted by Crippen LogP contribution is 2.22. The first-order valence-electron chi connectivity index (χ1n) is 5.90. The van der Waals surface area contributed by atoms with Crippen LogP contribution in [0, 0.1) is 19.7 Å². The van der Waals surface area contributed by atoms with E-state index in [-0.39, 0.29) is 17.8 Å². The first-order chi connectivity index (χ1) is 9.29. The second kappa shape index (κ2) is 5.51. The number of thiophene rings is 1. The molecule has 0 bridgehead atoms. The minimum atomic E-state index is -3.92. The summed E-state index contributed by atoms with van der Waals surface area (Å²) in [6.07, 6.45) is 0. The lowest BCUT2D eigenvalue weighted by molar-refractivity contribution is 0.553. The summed E-state index contributed by atoms with van der Waals surface area (Å²) in [6, 6.07) is 6.27. The zero-order chi connectivity index (χ0) is 14.9. The van der Waals surface area contributed by atoms with Gasteiger partial charge in [0.25, 0.3) is 0 Å². The Hall–Kier alpha value is -1.44. The van der Waals surface area contributed by atoms with Crippen molar-refractivity contribution in [3.05, 3.63) is 45.4 Å². The first kappa shape index (κ1) is 15.0. The molecule has 0 atom stereocenters. The van der Waals surface area contributed by atoms with Gasteiger partial charge in [0.1, 0.15) is 10.7 Å². The van der Waals surface area contributed by atoms with Gasteiger partial charge in [-0.1, -0.05) is 0 Å². The summed E-state index contributed by atoms with van der Waals surface area (Å²) in [7, 11) is -3.92. The minimum Gasteiger partial charge on any atom is -0.399 e. The van der Waals surface area contributed by atoms with E-state index in [9.17, 15) is 12.8 Å². The quantitative estimate of drug-likeness (QED) is 0.852. The molecule has 0 amide bonds. The van der Waals surface area contributed by atoms with Crippen LogP contribution in [-0.4, -0.2) is 8.42 Å². The van der Waals surface area contributed by atoms with Gasteiger partial charge < -0.3 is 5.73 Å². The maximum absolute atomic E-state index is 13.9. The summed E-state index contributed by atoms with van der Waals surface area (Å²) in [5, 5.41) is 0. The number of nitrogens with two attached hydrogens (primary N) is 1. The summed E-state index contributed by atoms with van der Waals surface area (Å²) in [6.45, 7) is 3.55. The van der Waals surface area contributed by atoms with Crippen LogP contribution in [0.2, 0.25) is 0 Å². The van der Waals surface area contributed by atoms with Gasteiger partial charge in [-0.2, -0.15) is 0 Å². The highest BCUT2D eigenvalue weighted by Gasteiger charge is 2.21. The fourth-order valence-corrected chi connectivity index (χ4v) is 3.89. The number of halogens is 1. The third kappa shape index (κ3) is 3.17. The molecular formula is C13H15FN2O2S2. The maximum atomic E-state index is 13.9. The Bertz CT molecular complexity index is 739. The molecule has 0 aliphatic heterocycles. The van der Waals surface area contributed by atoms with Gasteiger partial charge in [0, 0.05) is 22.0 Å². The molecule has 0 saturated carbocycles. The molecular weight excluding hydrogens is 299 g/mol. The van der Waals surface area contributed by atoms with Crippen molar-refractivity contribution in [3.63, 3.8) is 0 Å². The predicted octanol–water partition coefficient (Wildman–Crippen LogP) is 2.56. The van der Waals surface area contributed by atoms with Gasteiger partial charge in [-0.05, 0) is 43.7 Å². The van der Waals surface area contributed by atoms with Crippen LogP contribution in [0.5, 0.6) is 0 Å². The van der Waals surface area contributed by atoms with Crippen LogP contribution >= 0.6 is 11.3 Å². The number of rotatable bonds is 4. The van der Waals surface area contributed by atoms with Crippen LogP contribution < -0.4 is 10.5 Å². The second-order valence-electron chi connectivity index (χ2n) is 4.49. The van der Waals surface area contributed by atoms with E-state index < -0.39 is 20.7 Å². The molecule has 0 fully saturated rings. The molecule has 3 N–H and O–H groups in total. The van der Waals surface area contributed by atoms with E-state index in [1.54, 1.807) is 0 Å². The average Bonchev–Trinajstić information content (AvgIpc) is 2.77. The number of hydrogen-bond acceptors (Lipinski definition) is 4. The van der Waals surface area contributed by atoms with Crippen molar-refractivity contribution in [3.8, 4) is 0 Å². The van der Waals surface area contributed by atoms with Crippen molar-refractivity contribution in [2.45, 2.75) is 25.3 Å². The van der Waals surface area contributed by atoms with Crippen LogP contribution in [0.4, 0.5) is 10.1 Å². The van der Waals surface area contributed by atoms with Crippen LogP contribution in [0.3, 0.4) is 0 Å². The zero-order valence-corrected chi connectivity index (χ0v) is 12.7. The Morgan fingerprint density at radius 3 is 2.60 bits per heavy atom. The van der Waals surface area contributed by atoms with Crippen LogP contribution in [-0.2, 0) is 16.6 Å². The second-order valence-corrected chi connectivity index (χ2v) is 7.59. The molecule has 0 radical (unpaired) electrons. The largest absolute Gasteiger partial charge is 0.399 e. The van der Waals surface area contributed by atoms with Crippen molar-refractivity contribution in [2.75, 3.05) is 5.73 Å². The third-order valence-corrected chi connectivity index (χ3v) is 5.17. The molecule has 0 saturated heterocycles. The number of anilines is 1. The molecule has 108 valence electrons. The number of nitrogen functional groups attached to an aromatic ring is 1. The monoisotopic (exact) mass is 314 g/mol. The van der Waals surface area contributed by atoms with Gasteiger partial charge in [0.05, 0.1) is 0 Å². The van der Waals surface area contributed by atoms with Crippen LogP contribution in [0.25, 0.3) is 0 Å². The Balaban J connectivity index is 2.27. The molecule has 2 rings (SSSR count). The van der Waals surface area contributed by atoms with Crippen molar-refractivity contribution < 1.29 is 12.8 Å². The summed E-state index contributed by atoms with van der Waals surface area (Å²) in [4.78, 5) is 1.54. The lowest BCUT2D eigenvalue weighted by Gasteiger charge is -2.09. The van der Waals surface area contributed by atoms with Crippen molar-refractivity contribution >= 4 is 27.0 Å². The Kier molecular flexibility index (Phi) is 4.12. The molecule has 0 spiro atoms. The molecule has 4 nitrogen and oxygen atoms in total. The van der Waals surface area contributed by atoms with E-state index in [4.69, 9.17) is 5.73 Å². The van der Waals surface area contributed by atoms with Crippen molar-refractivity contribution in [2.24, 2.45) is 0 Å². The van der Waals surface area contributed by atoms with Gasteiger partial charge in [-0.3, -0.25) is 0 Å². The first-order valence-corrected chi connectivity index (χ1v) is 8.20. The molecule has 0 unspecified atom stereocenters. The fourth-order valence-electron chi connectivity index (χ4n) is 1.78. The number of nitrogens with one attached hydrogen (secondary N) is 1. The molecule has 1 aromatic heterocycles. The Labute approximate surface area is 121 Å². The standard InChI is InChI=1S/C13H15FN2O2S2/c1-8-5-10(15)6-12(13(8)14)20(17,18)16-7-11-4-3-9(2)19-11/h3-6,16H,7,15H2,1-2H3. The molecule has 1 aromatic carbocycles. The van der Waals surface area contributed by atoms with Gasteiger partial charge in [-0.15, -0.1) is 11.3 Å². The van der Waals surface area contributed by atoms with E-state index in [0.29, 0.717) is 0 Å². The highest BCUT2D eigenvalue weighted by molar-refractivity contribution is 7.89. The van der Waals surface area contributed by atoms with E-state index in [1.807, 2.05) is 19.1 Å². The molecule has 0 aliphatic rings. The molecule has 1 heterocycles. The van der Waals surface area contributed by atoms with Crippen molar-refractivity contribution in [1.82, 2.24) is 4.72 Å². The highest BCUT2D eigenvalue weighted by atomic mass is 32.2. The summed E-state index contributed by atoms with van der Waals surface area (Å²) < 4.78 is 40.6. The van der Waals surface area contributed by atoms with Gasteiger partial charge in [0.2, 0.25) is 10.0 Å². The van der Waals surface area contributed by atoms with E-state index in [0.717, 1.165) is 15.8 Å². The predicted molar refractivity (Wildman–Crippen MR) is 78.6 cm³/mol. The lowest BCUT2D eigenvalue weighted by atomic mass is 10.2. The van der Waals surface area contributed by atoms with Gasteiger partial charge in [-0.25, -0.2) is 17.5 Å². The number of hydrogen-bond donors (Lipinski definition) is 2. The Morgan fingerprint density at radius 1 is 1.30 bits per heavy atom. The molecule has 2 aromatic rings. The number of aryl methyl sites for hydroxylation is 2. The van der Waals surface area contributed by atoms with Crippen LogP contribution in [0.1, 0.15) is 15.3 Å². The van der Waals surface area contributed by atoms with E-state index in [2.05, 4.69) is 4.72 Å². The van der Waals surface area contributed by atoms with Gasteiger partial charge in [0.15, 0.2) is 0 Å². The van der Waals surface area contributed by atoms with E-state index in [1.165, 1.54) is 24.3 Å². The maximum Gasteiger partial charge on any atom is 0.243 e. The normalized spacial score (nSPS) is 11.8. The lowest BCUT2D eigenvalue weighted by Crippen LogP contribution is -2.24. The Morgan fingerprint density at radius 2 is 2.00 bits per heavy atom. The molecule has 0 aliphatic carbocycles. The average molecular weight is 314 g/mol. The van der Waals surface area contributed by atoms with Gasteiger partial charge >= 0.3 is 0 Å². The summed E-state index contributed by atoms with van der Waals surface area (Å²) in [5.74, 6) is -0.769. The minimum absolute atomic E-state index is 0.133. The summed E-state index contributed by atoms with van der Waals surface area (Å²) >= 11 is 1.49. The third-order valence-electron chi connectivity index (χ3n) is 2.77. The number of sulfonamides is 1. The van der Waals surface area contributed by atoms with E-state index >= 15 is 0 Å². The summed E-state index contributed by atoms with van der Waals surface area (Å²) in [5.41, 5.74) is 6.00. The molecule has 7 heteroatoms. The molecule has 20 heavy (non-hydrogen) atoms. The zero-order valence-electron chi connectivity index (χ0n) is 11.1. The fraction of sp³-hybridized carbons (Fsp3) is 0.231. The van der Waals surface area contributed by atoms with Crippen LogP contribution in [0.15, 0.2) is 29.2 Å². The smallest absolute Gasteiger partial charge is 0.243 e. The SMILES string of the molecule is Cc1ccc(CNS(=O)(=O)c2cc(N)cc(C)c2F)s1.